The molecule has 5 heteroatoms. The quantitative estimate of drug-likeness (QED) is 0.925. The zero-order valence-corrected chi connectivity index (χ0v) is 15.3. The van der Waals surface area contributed by atoms with Gasteiger partial charge in [-0.2, -0.15) is 0 Å². The number of nitrogens with one attached hydrogen (secondary N) is 1. The number of fused-ring (bicyclic) bond motifs is 1. The number of nitrogens with zero attached hydrogens (tertiary/aromatic N) is 2. The van der Waals surface area contributed by atoms with Crippen LogP contribution in [0.3, 0.4) is 0 Å². The Hall–Kier alpha value is -2.30. The predicted molar refractivity (Wildman–Crippen MR) is 100 cm³/mol. The molecule has 134 valence electrons. The average Bonchev–Trinajstić information content (AvgIpc) is 3.03. The zero-order chi connectivity index (χ0) is 18.0. The highest BCUT2D eigenvalue weighted by molar-refractivity contribution is 5.95. The van der Waals surface area contributed by atoms with E-state index in [1.54, 1.807) is 0 Å². The summed E-state index contributed by atoms with van der Waals surface area (Å²) >= 11 is 0. The van der Waals surface area contributed by atoms with Crippen LogP contribution < -0.4 is 5.32 Å². The van der Waals surface area contributed by atoms with Crippen molar-refractivity contribution in [1.29, 1.82) is 0 Å². The van der Waals surface area contributed by atoms with Crippen LogP contribution >= 0.6 is 0 Å². The number of aromatic nitrogens is 1. The molecule has 1 aromatic carbocycles. The van der Waals surface area contributed by atoms with Crippen LogP contribution in [0.5, 0.6) is 0 Å². The molecule has 1 fully saturated rings. The monoisotopic (exact) mass is 341 g/mol. The number of amides is 2. The standard InChI is InChI=1S/C20H27N3O2/c1-4-22-10-7-15-5-6-17(13-18(15)22)21-19(24)16-8-11-23(12-9-16)20(25)14(2)3/h5-7,10,13-14,16H,4,8-9,11-12H2,1-3H3,(H,21,24). The van der Waals surface area contributed by atoms with Crippen molar-refractivity contribution in [1.82, 2.24) is 9.47 Å². The Kier molecular flexibility index (Phi) is 5.11. The predicted octanol–water partition coefficient (Wildman–Crippen LogP) is 3.49. The second-order valence-corrected chi connectivity index (χ2v) is 7.12. The highest BCUT2D eigenvalue weighted by atomic mass is 16.2. The molecule has 5 nitrogen and oxygen atoms in total. The Morgan fingerprint density at radius 1 is 1.20 bits per heavy atom. The van der Waals surface area contributed by atoms with E-state index >= 15 is 0 Å². The number of benzene rings is 1. The molecule has 25 heavy (non-hydrogen) atoms. The summed E-state index contributed by atoms with van der Waals surface area (Å²) in [5.74, 6) is 0.243. The van der Waals surface area contributed by atoms with Gasteiger partial charge in [-0.15, -0.1) is 0 Å². The van der Waals surface area contributed by atoms with Gasteiger partial charge in [-0.3, -0.25) is 9.59 Å². The number of aryl methyl sites for hydroxylation is 1. The van der Waals surface area contributed by atoms with Crippen molar-refractivity contribution in [3.8, 4) is 0 Å². The van der Waals surface area contributed by atoms with Crippen LogP contribution in [-0.2, 0) is 16.1 Å². The number of carbonyl (C=O) groups is 2. The first kappa shape index (κ1) is 17.5. The van der Waals surface area contributed by atoms with Crippen molar-refractivity contribution in [2.24, 2.45) is 11.8 Å². The lowest BCUT2D eigenvalue weighted by Crippen LogP contribution is -2.43. The van der Waals surface area contributed by atoms with E-state index in [1.165, 1.54) is 5.39 Å². The minimum absolute atomic E-state index is 0.0203. The van der Waals surface area contributed by atoms with E-state index in [9.17, 15) is 9.59 Å². The van der Waals surface area contributed by atoms with Gasteiger partial charge in [0.15, 0.2) is 0 Å². The van der Waals surface area contributed by atoms with E-state index in [-0.39, 0.29) is 23.7 Å². The third-order valence-electron chi connectivity index (χ3n) is 5.05. The van der Waals surface area contributed by atoms with Crippen molar-refractivity contribution >= 4 is 28.4 Å². The molecule has 1 saturated heterocycles. The smallest absolute Gasteiger partial charge is 0.227 e. The van der Waals surface area contributed by atoms with Crippen LogP contribution in [0, 0.1) is 11.8 Å². The summed E-state index contributed by atoms with van der Waals surface area (Å²) in [5, 5.41) is 4.24. The summed E-state index contributed by atoms with van der Waals surface area (Å²) in [5.41, 5.74) is 1.98. The van der Waals surface area contributed by atoms with Gasteiger partial charge in [0.25, 0.3) is 0 Å². The maximum atomic E-state index is 12.6. The number of anilines is 1. The summed E-state index contributed by atoms with van der Waals surface area (Å²) in [4.78, 5) is 26.5. The minimum Gasteiger partial charge on any atom is -0.348 e. The van der Waals surface area contributed by atoms with Gasteiger partial charge in [0.2, 0.25) is 11.8 Å². The van der Waals surface area contributed by atoms with E-state index in [1.807, 2.05) is 36.9 Å². The highest BCUT2D eigenvalue weighted by Crippen LogP contribution is 2.24. The van der Waals surface area contributed by atoms with Gasteiger partial charge in [0.1, 0.15) is 0 Å². The van der Waals surface area contributed by atoms with Crippen LogP contribution in [0.2, 0.25) is 0 Å². The number of carbonyl (C=O) groups excluding carboxylic acids is 2. The number of rotatable bonds is 4. The Balaban J connectivity index is 1.62. The maximum absolute atomic E-state index is 12.6. The van der Waals surface area contributed by atoms with Crippen molar-refractivity contribution in [2.75, 3.05) is 18.4 Å². The molecule has 0 saturated carbocycles. The molecule has 0 atom stereocenters. The lowest BCUT2D eigenvalue weighted by Gasteiger charge is -2.32. The molecule has 3 rings (SSSR count). The molecule has 0 bridgehead atoms. The molecule has 1 aliphatic heterocycles. The van der Waals surface area contributed by atoms with E-state index in [0.29, 0.717) is 13.1 Å². The van der Waals surface area contributed by atoms with Crippen LogP contribution in [-0.4, -0.2) is 34.4 Å². The molecule has 2 aromatic rings. The molecule has 0 spiro atoms. The Bertz CT molecular complexity index is 770. The minimum atomic E-state index is -0.0233. The Labute approximate surface area is 149 Å². The topological polar surface area (TPSA) is 54.3 Å². The molecule has 0 aliphatic carbocycles. The largest absolute Gasteiger partial charge is 0.348 e. The molecular weight excluding hydrogens is 314 g/mol. The number of hydrogen-bond donors (Lipinski definition) is 1. The molecule has 2 amide bonds. The van der Waals surface area contributed by atoms with E-state index < -0.39 is 0 Å². The molecule has 1 aliphatic rings. The fraction of sp³-hybridized carbons (Fsp3) is 0.500. The lowest BCUT2D eigenvalue weighted by atomic mass is 9.95. The third kappa shape index (κ3) is 3.70. The molecule has 1 aromatic heterocycles. The molecular formula is C20H27N3O2. The van der Waals surface area contributed by atoms with Crippen LogP contribution in [0.15, 0.2) is 30.5 Å². The van der Waals surface area contributed by atoms with Crippen molar-refractivity contribution in [3.63, 3.8) is 0 Å². The Morgan fingerprint density at radius 3 is 2.56 bits per heavy atom. The zero-order valence-electron chi connectivity index (χ0n) is 15.3. The summed E-state index contributed by atoms with van der Waals surface area (Å²) in [6.07, 6.45) is 3.54. The second kappa shape index (κ2) is 7.30. The van der Waals surface area contributed by atoms with E-state index in [2.05, 4.69) is 29.1 Å². The van der Waals surface area contributed by atoms with Crippen molar-refractivity contribution in [3.05, 3.63) is 30.5 Å². The van der Waals surface area contributed by atoms with Crippen LogP contribution in [0.25, 0.3) is 10.9 Å². The number of hydrogen-bond acceptors (Lipinski definition) is 2. The maximum Gasteiger partial charge on any atom is 0.227 e. The first-order valence-corrected chi connectivity index (χ1v) is 9.18. The molecule has 1 N–H and O–H groups in total. The summed E-state index contributed by atoms with van der Waals surface area (Å²) < 4.78 is 2.17. The Morgan fingerprint density at radius 2 is 1.92 bits per heavy atom. The fourth-order valence-corrected chi connectivity index (χ4v) is 3.51. The van der Waals surface area contributed by atoms with Gasteiger partial charge in [-0.25, -0.2) is 0 Å². The van der Waals surface area contributed by atoms with E-state index in [4.69, 9.17) is 0 Å². The van der Waals surface area contributed by atoms with Crippen molar-refractivity contribution in [2.45, 2.75) is 40.2 Å². The van der Waals surface area contributed by atoms with Crippen LogP contribution in [0.4, 0.5) is 5.69 Å². The molecule has 0 unspecified atom stereocenters. The van der Waals surface area contributed by atoms with Gasteiger partial charge in [0.05, 0.1) is 5.52 Å². The number of likely N-dealkylation sites (tertiary alicyclic amines) is 1. The summed E-state index contributed by atoms with van der Waals surface area (Å²) in [6, 6.07) is 8.12. The second-order valence-electron chi connectivity index (χ2n) is 7.12. The summed E-state index contributed by atoms with van der Waals surface area (Å²) in [7, 11) is 0. The average molecular weight is 341 g/mol. The van der Waals surface area contributed by atoms with Crippen LogP contribution in [0.1, 0.15) is 33.6 Å². The SMILES string of the molecule is CCn1ccc2ccc(NC(=O)C3CCN(C(=O)C(C)C)CC3)cc21. The lowest BCUT2D eigenvalue weighted by molar-refractivity contribution is -0.137. The first-order chi connectivity index (χ1) is 12.0. The fourth-order valence-electron chi connectivity index (χ4n) is 3.51. The van der Waals surface area contributed by atoms with Gasteiger partial charge < -0.3 is 14.8 Å². The van der Waals surface area contributed by atoms with Gasteiger partial charge in [-0.1, -0.05) is 19.9 Å². The third-order valence-corrected chi connectivity index (χ3v) is 5.05. The molecule has 0 radical (unpaired) electrons. The molecule has 2 heterocycles. The van der Waals surface area contributed by atoms with Crippen molar-refractivity contribution < 1.29 is 9.59 Å². The van der Waals surface area contributed by atoms with Gasteiger partial charge >= 0.3 is 0 Å². The van der Waals surface area contributed by atoms with Gasteiger partial charge in [0, 0.05) is 43.4 Å². The van der Waals surface area contributed by atoms with Gasteiger partial charge in [-0.05, 0) is 43.4 Å². The normalized spacial score (nSPS) is 15.8. The summed E-state index contributed by atoms with van der Waals surface area (Å²) in [6.45, 7) is 8.20. The van der Waals surface area contributed by atoms with E-state index in [0.717, 1.165) is 30.6 Å². The first-order valence-electron chi connectivity index (χ1n) is 9.18. The highest BCUT2D eigenvalue weighted by Gasteiger charge is 2.28. The number of piperidine rings is 1.